The van der Waals surface area contributed by atoms with Crippen LogP contribution in [0.25, 0.3) is 0 Å². The number of carbonyl (C=O) groups excluding carboxylic acids is 2. The summed E-state index contributed by atoms with van der Waals surface area (Å²) in [6.45, 7) is 1.97. The van der Waals surface area contributed by atoms with Crippen molar-refractivity contribution < 1.29 is 19.1 Å². The average Bonchev–Trinajstić information content (AvgIpc) is 3.33. The van der Waals surface area contributed by atoms with Gasteiger partial charge in [0, 0.05) is 17.5 Å². The Morgan fingerprint density at radius 1 is 1.21 bits per heavy atom. The summed E-state index contributed by atoms with van der Waals surface area (Å²) in [5, 5.41) is 5.36. The second-order valence-electron chi connectivity index (χ2n) is 7.15. The van der Waals surface area contributed by atoms with Crippen LogP contribution in [0, 0.1) is 5.41 Å². The first-order valence-electron chi connectivity index (χ1n) is 9.16. The molecule has 3 aromatic rings. The van der Waals surface area contributed by atoms with Crippen molar-refractivity contribution in [3.8, 4) is 5.75 Å². The van der Waals surface area contributed by atoms with E-state index in [9.17, 15) is 9.59 Å². The molecule has 0 spiro atoms. The zero-order valence-corrected chi connectivity index (χ0v) is 16.9. The Morgan fingerprint density at radius 3 is 2.69 bits per heavy atom. The molecule has 29 heavy (non-hydrogen) atoms. The first-order valence-corrected chi connectivity index (χ1v) is 10.0. The molecule has 0 saturated carbocycles. The van der Waals surface area contributed by atoms with Crippen molar-refractivity contribution in [3.05, 3.63) is 76.8 Å². The maximum absolute atomic E-state index is 13.3. The summed E-state index contributed by atoms with van der Waals surface area (Å²) in [6, 6.07) is 15.4. The van der Waals surface area contributed by atoms with Crippen LogP contribution >= 0.6 is 11.3 Å². The lowest BCUT2D eigenvalue weighted by Crippen LogP contribution is -2.37. The minimum atomic E-state index is -0.771. The van der Waals surface area contributed by atoms with Gasteiger partial charge >= 0.3 is 6.16 Å². The van der Waals surface area contributed by atoms with E-state index in [4.69, 9.17) is 4.74 Å². The normalized spacial score (nSPS) is 20.0. The number of amides is 1. The highest BCUT2D eigenvalue weighted by atomic mass is 32.1. The Morgan fingerprint density at radius 2 is 2.00 bits per heavy atom. The third kappa shape index (κ3) is 3.61. The van der Waals surface area contributed by atoms with Gasteiger partial charge in [0.25, 0.3) is 0 Å². The molecule has 148 valence electrons. The average molecular weight is 408 g/mol. The van der Waals surface area contributed by atoms with E-state index in [1.54, 1.807) is 12.3 Å². The SMILES string of the molecule is COC(=O)Oc1ccc2c(c1)C[C@](C)(C(=O)Nc1nccs1)[C@@H]2c1ccccc1. The molecular weight excluding hydrogens is 388 g/mol. The number of nitrogens with one attached hydrogen (secondary N) is 1. The number of rotatable bonds is 4. The molecule has 0 fully saturated rings. The molecule has 0 saturated heterocycles. The molecule has 4 rings (SSSR count). The number of fused-ring (bicyclic) bond motifs is 1. The van der Waals surface area contributed by atoms with Crippen molar-refractivity contribution >= 4 is 28.5 Å². The molecule has 1 heterocycles. The summed E-state index contributed by atoms with van der Waals surface area (Å²) in [4.78, 5) is 29.0. The molecule has 1 aliphatic carbocycles. The number of aromatic nitrogens is 1. The standard InChI is InChI=1S/C22H20N2O4S/c1-22(19(25)24-20-23-10-11-29-20)13-15-12-16(28-21(26)27-2)8-9-17(15)18(22)14-6-4-3-5-7-14/h3-12,18H,13H2,1-2H3,(H,23,24,25)/t18-,22+/m1/s1. The van der Waals surface area contributed by atoms with E-state index in [0.29, 0.717) is 17.3 Å². The Kier molecular flexibility index (Phi) is 5.07. The number of nitrogens with zero attached hydrogens (tertiary/aromatic N) is 1. The van der Waals surface area contributed by atoms with Crippen LogP contribution in [0.1, 0.15) is 29.5 Å². The number of anilines is 1. The Balaban J connectivity index is 1.73. The minimum Gasteiger partial charge on any atom is -0.437 e. The van der Waals surface area contributed by atoms with Gasteiger partial charge in [-0.1, -0.05) is 36.4 Å². The lowest BCUT2D eigenvalue weighted by Gasteiger charge is -2.30. The van der Waals surface area contributed by atoms with Crippen LogP contribution in [0.5, 0.6) is 5.75 Å². The minimum absolute atomic E-state index is 0.0899. The van der Waals surface area contributed by atoms with E-state index >= 15 is 0 Å². The van der Waals surface area contributed by atoms with E-state index in [-0.39, 0.29) is 11.8 Å². The summed E-state index contributed by atoms with van der Waals surface area (Å²) in [5.41, 5.74) is 2.35. The molecule has 0 bridgehead atoms. The van der Waals surface area contributed by atoms with E-state index in [1.807, 2.05) is 54.8 Å². The molecule has 1 aliphatic rings. The number of carbonyl (C=O) groups is 2. The molecule has 0 aliphatic heterocycles. The number of methoxy groups -OCH3 is 1. The maximum atomic E-state index is 13.3. The van der Waals surface area contributed by atoms with Gasteiger partial charge < -0.3 is 14.8 Å². The summed E-state index contributed by atoms with van der Waals surface area (Å²) < 4.78 is 9.74. The summed E-state index contributed by atoms with van der Waals surface area (Å²) in [5.74, 6) is 0.172. The van der Waals surface area contributed by atoms with Crippen LogP contribution in [0.3, 0.4) is 0 Å². The first kappa shape index (κ1) is 19.1. The van der Waals surface area contributed by atoms with Gasteiger partial charge in [-0.25, -0.2) is 9.78 Å². The van der Waals surface area contributed by atoms with Crippen molar-refractivity contribution in [2.75, 3.05) is 12.4 Å². The number of thiazole rings is 1. The quantitative estimate of drug-likeness (QED) is 0.503. The summed E-state index contributed by atoms with van der Waals surface area (Å²) in [6.07, 6.45) is 1.40. The second-order valence-corrected chi connectivity index (χ2v) is 8.04. The van der Waals surface area contributed by atoms with Crippen LogP contribution in [-0.4, -0.2) is 24.2 Å². The van der Waals surface area contributed by atoms with Crippen molar-refractivity contribution in [3.63, 3.8) is 0 Å². The third-order valence-electron chi connectivity index (χ3n) is 5.29. The highest BCUT2D eigenvalue weighted by Gasteiger charge is 2.49. The number of hydrogen-bond donors (Lipinski definition) is 1. The van der Waals surface area contributed by atoms with Crippen LogP contribution in [0.4, 0.5) is 9.93 Å². The zero-order chi connectivity index (χ0) is 20.4. The van der Waals surface area contributed by atoms with Gasteiger partial charge in [0.05, 0.1) is 12.5 Å². The fourth-order valence-electron chi connectivity index (χ4n) is 3.99. The Bertz CT molecular complexity index is 1040. The molecule has 0 radical (unpaired) electrons. The fourth-order valence-corrected chi connectivity index (χ4v) is 4.51. The van der Waals surface area contributed by atoms with Crippen LogP contribution in [0.2, 0.25) is 0 Å². The van der Waals surface area contributed by atoms with Gasteiger partial charge in [-0.05, 0) is 42.2 Å². The lowest BCUT2D eigenvalue weighted by molar-refractivity contribution is -0.125. The third-order valence-corrected chi connectivity index (χ3v) is 5.98. The molecule has 2 atom stereocenters. The Hall–Kier alpha value is -3.19. The highest BCUT2D eigenvalue weighted by molar-refractivity contribution is 7.13. The second kappa shape index (κ2) is 7.67. The molecule has 7 heteroatoms. The van der Waals surface area contributed by atoms with Gasteiger partial charge in [-0.15, -0.1) is 11.3 Å². The van der Waals surface area contributed by atoms with Crippen molar-refractivity contribution in [1.82, 2.24) is 4.98 Å². The molecule has 1 N–H and O–H groups in total. The van der Waals surface area contributed by atoms with E-state index in [0.717, 1.165) is 16.7 Å². The van der Waals surface area contributed by atoms with Crippen LogP contribution < -0.4 is 10.1 Å². The monoisotopic (exact) mass is 408 g/mol. The van der Waals surface area contributed by atoms with E-state index in [1.165, 1.54) is 18.4 Å². The van der Waals surface area contributed by atoms with Gasteiger partial charge in [0.15, 0.2) is 5.13 Å². The number of benzene rings is 2. The molecular formula is C22H20N2O4S. The molecule has 6 nitrogen and oxygen atoms in total. The summed E-state index contributed by atoms with van der Waals surface area (Å²) >= 11 is 1.39. The van der Waals surface area contributed by atoms with Crippen molar-refractivity contribution in [1.29, 1.82) is 0 Å². The van der Waals surface area contributed by atoms with E-state index in [2.05, 4.69) is 15.0 Å². The lowest BCUT2D eigenvalue weighted by atomic mass is 9.73. The Labute approximate surface area is 172 Å². The topological polar surface area (TPSA) is 77.5 Å². The fraction of sp³-hybridized carbons (Fsp3) is 0.227. The maximum Gasteiger partial charge on any atom is 0.513 e. The van der Waals surface area contributed by atoms with Gasteiger partial charge in [0.2, 0.25) is 5.91 Å². The highest BCUT2D eigenvalue weighted by Crippen LogP contribution is 2.52. The first-order chi connectivity index (χ1) is 14.0. The van der Waals surface area contributed by atoms with Crippen molar-refractivity contribution in [2.45, 2.75) is 19.3 Å². The predicted molar refractivity (Wildman–Crippen MR) is 110 cm³/mol. The molecule has 2 aromatic carbocycles. The summed E-state index contributed by atoms with van der Waals surface area (Å²) in [7, 11) is 1.27. The van der Waals surface area contributed by atoms with Gasteiger partial charge in [0.1, 0.15) is 5.75 Å². The number of hydrogen-bond acceptors (Lipinski definition) is 6. The van der Waals surface area contributed by atoms with Crippen molar-refractivity contribution in [2.24, 2.45) is 5.41 Å². The molecule has 0 unspecified atom stereocenters. The van der Waals surface area contributed by atoms with Crippen LogP contribution in [-0.2, 0) is 16.0 Å². The number of ether oxygens (including phenoxy) is 2. The van der Waals surface area contributed by atoms with Gasteiger partial charge in [-0.3, -0.25) is 4.79 Å². The molecule has 1 amide bonds. The van der Waals surface area contributed by atoms with E-state index < -0.39 is 11.6 Å². The predicted octanol–water partition coefficient (Wildman–Crippen LogP) is 4.62. The molecule has 1 aromatic heterocycles. The van der Waals surface area contributed by atoms with Gasteiger partial charge in [-0.2, -0.15) is 0 Å². The smallest absolute Gasteiger partial charge is 0.437 e. The largest absolute Gasteiger partial charge is 0.513 e. The zero-order valence-electron chi connectivity index (χ0n) is 16.0. The van der Waals surface area contributed by atoms with Crippen LogP contribution in [0.15, 0.2) is 60.1 Å².